The number of phenols is 1. The summed E-state index contributed by atoms with van der Waals surface area (Å²) in [5.41, 5.74) is 8.86. The number of aromatic hydroxyl groups is 1. The van der Waals surface area contributed by atoms with Gasteiger partial charge in [0.2, 0.25) is 0 Å². The molecule has 1 aromatic carbocycles. The van der Waals surface area contributed by atoms with Gasteiger partial charge in [-0.05, 0) is 36.2 Å². The van der Waals surface area contributed by atoms with E-state index in [0.29, 0.717) is 11.5 Å². The minimum atomic E-state index is 0.0733. The van der Waals surface area contributed by atoms with Crippen molar-refractivity contribution in [2.75, 3.05) is 0 Å². The van der Waals surface area contributed by atoms with Crippen LogP contribution in [0.4, 0.5) is 0 Å². The Balaban J connectivity index is 1.94. The highest BCUT2D eigenvalue weighted by molar-refractivity contribution is 5.64. The van der Waals surface area contributed by atoms with Gasteiger partial charge >= 0.3 is 0 Å². The molecule has 0 spiro atoms. The van der Waals surface area contributed by atoms with Crippen LogP contribution in [-0.2, 0) is 0 Å². The van der Waals surface area contributed by atoms with Gasteiger partial charge in [0.1, 0.15) is 5.75 Å². The predicted molar refractivity (Wildman–Crippen MR) is 71.4 cm³/mol. The van der Waals surface area contributed by atoms with Crippen LogP contribution < -0.4 is 5.73 Å². The van der Waals surface area contributed by atoms with Crippen LogP contribution in [0.1, 0.15) is 23.5 Å². The van der Waals surface area contributed by atoms with E-state index >= 15 is 0 Å². The fourth-order valence-corrected chi connectivity index (χ4v) is 2.22. The second kappa shape index (κ2) is 4.38. The third-order valence-electron chi connectivity index (χ3n) is 3.40. The molecule has 1 heterocycles. The molecular weight excluding hydrogens is 238 g/mol. The van der Waals surface area contributed by atoms with Crippen molar-refractivity contribution in [2.24, 2.45) is 5.73 Å². The number of pyridine rings is 1. The Kier molecular flexibility index (Phi) is 2.69. The predicted octanol–water partition coefficient (Wildman–Crippen LogP) is 2.14. The van der Waals surface area contributed by atoms with Crippen molar-refractivity contribution in [1.82, 2.24) is 4.98 Å². The maximum Gasteiger partial charge on any atom is 0.117 e. The lowest BCUT2D eigenvalue weighted by molar-refractivity contribution is 0.475. The fraction of sp³-hybridized carbons (Fsp3) is 0.200. The third kappa shape index (κ3) is 2.28. The minimum Gasteiger partial charge on any atom is -0.508 e. The number of phenolic OH excluding ortho intramolecular Hbond substituents is 1. The second-order valence-corrected chi connectivity index (χ2v) is 4.86. The first-order chi connectivity index (χ1) is 9.17. The average Bonchev–Trinajstić information content (AvgIpc) is 3.15. The Morgan fingerprint density at radius 3 is 2.68 bits per heavy atom. The summed E-state index contributed by atoms with van der Waals surface area (Å²) in [6, 6.07) is 10.9. The van der Waals surface area contributed by atoms with Crippen LogP contribution in [0.2, 0.25) is 0 Å². The summed E-state index contributed by atoms with van der Waals surface area (Å²) in [6.45, 7) is 0. The van der Waals surface area contributed by atoms with Crippen LogP contribution in [0.5, 0.6) is 5.75 Å². The maximum atomic E-state index is 9.58. The summed E-state index contributed by atoms with van der Waals surface area (Å²) >= 11 is 0. The molecule has 0 bridgehead atoms. The van der Waals surface area contributed by atoms with E-state index in [4.69, 9.17) is 11.0 Å². The molecule has 19 heavy (non-hydrogen) atoms. The highest BCUT2D eigenvalue weighted by atomic mass is 16.3. The number of nitrogens with two attached hydrogens (primary N) is 1. The topological polar surface area (TPSA) is 82.9 Å². The molecule has 3 rings (SSSR count). The molecule has 4 nitrogen and oxygen atoms in total. The Morgan fingerprint density at radius 1 is 1.32 bits per heavy atom. The molecular formula is C15H13N3O. The van der Waals surface area contributed by atoms with E-state index in [0.717, 1.165) is 23.2 Å². The summed E-state index contributed by atoms with van der Waals surface area (Å²) < 4.78 is 0. The number of aromatic nitrogens is 1. The fourth-order valence-electron chi connectivity index (χ4n) is 2.22. The van der Waals surface area contributed by atoms with E-state index in [1.165, 1.54) is 6.07 Å². The molecule has 1 fully saturated rings. The Bertz CT molecular complexity index is 658. The quantitative estimate of drug-likeness (QED) is 0.856. The Labute approximate surface area is 111 Å². The molecule has 0 saturated heterocycles. The van der Waals surface area contributed by atoms with Crippen LogP contribution in [0.15, 0.2) is 36.5 Å². The van der Waals surface area contributed by atoms with E-state index in [1.807, 2.05) is 24.4 Å². The van der Waals surface area contributed by atoms with Crippen molar-refractivity contribution in [3.05, 3.63) is 47.7 Å². The van der Waals surface area contributed by atoms with Gasteiger partial charge in [0.15, 0.2) is 0 Å². The van der Waals surface area contributed by atoms with E-state index in [9.17, 15) is 5.11 Å². The van der Waals surface area contributed by atoms with Gasteiger partial charge in [0.25, 0.3) is 0 Å². The minimum absolute atomic E-state index is 0.0733. The number of rotatable bonds is 2. The zero-order valence-corrected chi connectivity index (χ0v) is 10.2. The van der Waals surface area contributed by atoms with E-state index < -0.39 is 0 Å². The first-order valence-electron chi connectivity index (χ1n) is 6.13. The largest absolute Gasteiger partial charge is 0.508 e. The molecule has 3 N–H and O–H groups in total. The van der Waals surface area contributed by atoms with E-state index in [-0.39, 0.29) is 11.8 Å². The summed E-state index contributed by atoms with van der Waals surface area (Å²) in [6.07, 6.45) is 2.84. The van der Waals surface area contributed by atoms with Gasteiger partial charge in [-0.25, -0.2) is 0 Å². The van der Waals surface area contributed by atoms with Crippen LogP contribution in [0.3, 0.4) is 0 Å². The monoisotopic (exact) mass is 251 g/mol. The smallest absolute Gasteiger partial charge is 0.117 e. The van der Waals surface area contributed by atoms with Crippen molar-refractivity contribution >= 4 is 0 Å². The molecule has 1 aliphatic carbocycles. The molecule has 1 aromatic heterocycles. The van der Waals surface area contributed by atoms with E-state index in [1.54, 1.807) is 12.1 Å². The number of benzene rings is 1. The maximum absolute atomic E-state index is 9.58. The zero-order chi connectivity index (χ0) is 13.4. The number of hydrogen-bond acceptors (Lipinski definition) is 4. The molecule has 4 heteroatoms. The van der Waals surface area contributed by atoms with Gasteiger partial charge in [0, 0.05) is 23.7 Å². The van der Waals surface area contributed by atoms with Crippen LogP contribution >= 0.6 is 0 Å². The normalized spacial score (nSPS) is 20.8. The summed E-state index contributed by atoms with van der Waals surface area (Å²) in [4.78, 5) is 4.39. The Hall–Kier alpha value is -2.38. The summed E-state index contributed by atoms with van der Waals surface area (Å²) in [7, 11) is 0. The van der Waals surface area contributed by atoms with Crippen molar-refractivity contribution in [3.63, 3.8) is 0 Å². The van der Waals surface area contributed by atoms with Gasteiger partial charge in [-0.3, -0.25) is 4.98 Å². The van der Waals surface area contributed by atoms with E-state index in [2.05, 4.69) is 4.98 Å². The molecule has 2 aromatic rings. The average molecular weight is 251 g/mol. The summed E-state index contributed by atoms with van der Waals surface area (Å²) in [5.74, 6) is 0.504. The van der Waals surface area contributed by atoms with Crippen molar-refractivity contribution < 1.29 is 5.11 Å². The van der Waals surface area contributed by atoms with Gasteiger partial charge in [-0.2, -0.15) is 5.26 Å². The van der Waals surface area contributed by atoms with Crippen LogP contribution in [0.25, 0.3) is 11.3 Å². The highest BCUT2D eigenvalue weighted by Gasteiger charge is 2.34. The molecule has 2 atom stereocenters. The lowest BCUT2D eigenvalue weighted by Crippen LogP contribution is -2.01. The zero-order valence-electron chi connectivity index (χ0n) is 10.2. The van der Waals surface area contributed by atoms with Gasteiger partial charge in [0.05, 0.1) is 17.3 Å². The van der Waals surface area contributed by atoms with Crippen molar-refractivity contribution in [2.45, 2.75) is 18.4 Å². The molecule has 1 aliphatic rings. The first-order valence-corrected chi connectivity index (χ1v) is 6.13. The first kappa shape index (κ1) is 11.7. The lowest BCUT2D eigenvalue weighted by Gasteiger charge is -2.04. The molecule has 1 saturated carbocycles. The second-order valence-electron chi connectivity index (χ2n) is 4.86. The molecule has 0 unspecified atom stereocenters. The number of nitriles is 1. The van der Waals surface area contributed by atoms with Crippen LogP contribution in [0, 0.1) is 11.3 Å². The number of hydrogen-bond donors (Lipinski definition) is 2. The Morgan fingerprint density at radius 2 is 2.11 bits per heavy atom. The standard InChI is InChI=1S/C15H13N3O/c16-7-9-3-11(5-12(19)4-9)15-2-1-10(8-18-15)13-6-14(13)17/h1-5,8,13-14,19H,6,17H2/t13-,14+/m0/s1. The summed E-state index contributed by atoms with van der Waals surface area (Å²) in [5, 5.41) is 18.5. The number of nitrogens with zero attached hydrogens (tertiary/aromatic N) is 2. The molecule has 94 valence electrons. The SMILES string of the molecule is N#Cc1cc(O)cc(-c2ccc([C@@H]3C[C@H]3N)cn2)c1. The molecule has 0 amide bonds. The molecule has 0 aliphatic heterocycles. The van der Waals surface area contributed by atoms with Gasteiger partial charge < -0.3 is 10.8 Å². The van der Waals surface area contributed by atoms with Crippen molar-refractivity contribution in [3.8, 4) is 23.1 Å². The van der Waals surface area contributed by atoms with Gasteiger partial charge in [-0.1, -0.05) is 6.07 Å². The van der Waals surface area contributed by atoms with Crippen LogP contribution in [-0.4, -0.2) is 16.1 Å². The highest BCUT2D eigenvalue weighted by Crippen LogP contribution is 2.39. The lowest BCUT2D eigenvalue weighted by atomic mass is 10.1. The van der Waals surface area contributed by atoms with Gasteiger partial charge in [-0.15, -0.1) is 0 Å². The molecule has 0 radical (unpaired) electrons. The third-order valence-corrected chi connectivity index (χ3v) is 3.40. The van der Waals surface area contributed by atoms with Crippen molar-refractivity contribution in [1.29, 1.82) is 5.26 Å².